The van der Waals surface area contributed by atoms with Crippen LogP contribution in [0.1, 0.15) is 5.56 Å². The maximum Gasteiger partial charge on any atom is 0.242 e. The van der Waals surface area contributed by atoms with E-state index in [1.54, 1.807) is 4.90 Å². The Morgan fingerprint density at radius 2 is 1.93 bits per heavy atom. The first-order chi connectivity index (χ1) is 13.6. The van der Waals surface area contributed by atoms with Crippen molar-refractivity contribution in [2.75, 3.05) is 26.3 Å². The number of aromatic nitrogens is 1. The highest BCUT2D eigenvalue weighted by molar-refractivity contribution is 6.00. The Morgan fingerprint density at radius 3 is 2.71 bits per heavy atom. The summed E-state index contributed by atoms with van der Waals surface area (Å²) in [6, 6.07) is 10.9. The summed E-state index contributed by atoms with van der Waals surface area (Å²) in [5.74, 6) is -1.34. The van der Waals surface area contributed by atoms with Gasteiger partial charge in [0.05, 0.1) is 18.9 Å². The molecule has 1 aliphatic rings. The zero-order valence-electron chi connectivity index (χ0n) is 15.1. The third-order valence-corrected chi connectivity index (χ3v) is 4.74. The molecule has 1 fully saturated rings. The largest absolute Gasteiger partial charge is 0.378 e. The molecule has 0 bridgehead atoms. The summed E-state index contributed by atoms with van der Waals surface area (Å²) in [6.07, 6.45) is 3.36. The van der Waals surface area contributed by atoms with E-state index in [2.05, 4.69) is 4.99 Å². The fourth-order valence-electron chi connectivity index (χ4n) is 3.29. The molecule has 1 aromatic heterocycles. The van der Waals surface area contributed by atoms with E-state index in [-0.39, 0.29) is 18.1 Å². The van der Waals surface area contributed by atoms with Crippen LogP contribution in [-0.4, -0.2) is 47.9 Å². The number of carbonyl (C=O) groups excluding carboxylic acids is 1. The number of benzene rings is 2. The van der Waals surface area contributed by atoms with Gasteiger partial charge in [-0.1, -0.05) is 18.2 Å². The molecule has 144 valence electrons. The number of hydrogen-bond acceptors (Lipinski definition) is 3. The van der Waals surface area contributed by atoms with Crippen molar-refractivity contribution in [3.8, 4) is 0 Å². The normalized spacial score (nSPS) is 14.9. The standard InChI is InChI=1S/C21H19F2N3O2/c22-16-5-6-19(18(23)11-16)24-12-15-13-26(20-4-2-1-3-17(15)20)14-21(27)25-7-9-28-10-8-25/h1-6,11-13H,7-10,14H2. The molecule has 0 unspecified atom stereocenters. The van der Waals surface area contributed by atoms with Gasteiger partial charge in [0.2, 0.25) is 5.91 Å². The zero-order chi connectivity index (χ0) is 19.5. The lowest BCUT2D eigenvalue weighted by Crippen LogP contribution is -2.42. The Bertz CT molecular complexity index is 1040. The quantitative estimate of drug-likeness (QED) is 0.647. The third kappa shape index (κ3) is 3.80. The summed E-state index contributed by atoms with van der Waals surface area (Å²) < 4.78 is 34.1. The molecular weight excluding hydrogens is 364 g/mol. The van der Waals surface area contributed by atoms with Crippen LogP contribution in [0.15, 0.2) is 53.7 Å². The highest BCUT2D eigenvalue weighted by atomic mass is 19.1. The lowest BCUT2D eigenvalue weighted by molar-refractivity contribution is -0.135. The molecule has 4 rings (SSSR count). The molecule has 28 heavy (non-hydrogen) atoms. The van der Waals surface area contributed by atoms with E-state index in [1.165, 1.54) is 18.3 Å². The molecule has 1 amide bonds. The van der Waals surface area contributed by atoms with E-state index < -0.39 is 11.6 Å². The van der Waals surface area contributed by atoms with Gasteiger partial charge in [-0.05, 0) is 18.2 Å². The van der Waals surface area contributed by atoms with Crippen molar-refractivity contribution in [2.45, 2.75) is 6.54 Å². The highest BCUT2D eigenvalue weighted by Gasteiger charge is 2.18. The number of ether oxygens (including phenoxy) is 1. The number of fused-ring (bicyclic) bond motifs is 1. The first-order valence-electron chi connectivity index (χ1n) is 9.04. The van der Waals surface area contributed by atoms with E-state index in [4.69, 9.17) is 4.74 Å². The average Bonchev–Trinajstić information content (AvgIpc) is 3.06. The van der Waals surface area contributed by atoms with Crippen molar-refractivity contribution in [1.82, 2.24) is 9.47 Å². The first-order valence-corrected chi connectivity index (χ1v) is 9.04. The van der Waals surface area contributed by atoms with Crippen LogP contribution in [0.25, 0.3) is 10.9 Å². The number of halogens is 2. The molecule has 5 nitrogen and oxygen atoms in total. The molecule has 0 aliphatic carbocycles. The smallest absolute Gasteiger partial charge is 0.242 e. The molecule has 0 atom stereocenters. The van der Waals surface area contributed by atoms with E-state index >= 15 is 0 Å². The number of amides is 1. The van der Waals surface area contributed by atoms with Gasteiger partial charge in [-0.3, -0.25) is 9.79 Å². The van der Waals surface area contributed by atoms with Crippen LogP contribution < -0.4 is 0 Å². The Morgan fingerprint density at radius 1 is 1.14 bits per heavy atom. The number of rotatable bonds is 4. The molecular formula is C21H19F2N3O2. The molecule has 1 aliphatic heterocycles. The van der Waals surface area contributed by atoms with E-state index in [9.17, 15) is 13.6 Å². The van der Waals surface area contributed by atoms with Gasteiger partial charge < -0.3 is 14.2 Å². The molecule has 3 aromatic rings. The van der Waals surface area contributed by atoms with E-state index in [0.29, 0.717) is 26.3 Å². The maximum absolute atomic E-state index is 13.8. The summed E-state index contributed by atoms with van der Waals surface area (Å²) in [5, 5.41) is 0.906. The molecule has 2 heterocycles. The Hall–Kier alpha value is -3.06. The lowest BCUT2D eigenvalue weighted by atomic mass is 10.2. The second kappa shape index (κ2) is 7.90. The van der Waals surface area contributed by atoms with Crippen molar-refractivity contribution in [1.29, 1.82) is 0 Å². The summed E-state index contributed by atoms with van der Waals surface area (Å²) in [4.78, 5) is 18.6. The minimum absolute atomic E-state index is 0.0251. The minimum Gasteiger partial charge on any atom is -0.378 e. The number of aliphatic imine (C=N–C) groups is 1. The number of hydrogen-bond donors (Lipinski definition) is 0. The molecule has 2 aromatic carbocycles. The molecule has 0 radical (unpaired) electrons. The summed E-state index contributed by atoms with van der Waals surface area (Å²) in [7, 11) is 0. The third-order valence-electron chi connectivity index (χ3n) is 4.74. The van der Waals surface area contributed by atoms with Gasteiger partial charge in [0.15, 0.2) is 5.82 Å². The minimum atomic E-state index is -0.720. The van der Waals surface area contributed by atoms with Gasteiger partial charge in [0.1, 0.15) is 12.4 Å². The van der Waals surface area contributed by atoms with Crippen LogP contribution >= 0.6 is 0 Å². The van der Waals surface area contributed by atoms with Gasteiger partial charge >= 0.3 is 0 Å². The van der Waals surface area contributed by atoms with Crippen molar-refractivity contribution >= 4 is 28.7 Å². The number of carbonyl (C=O) groups is 1. The molecule has 0 spiro atoms. The second-order valence-electron chi connectivity index (χ2n) is 6.58. The number of morpholine rings is 1. The van der Waals surface area contributed by atoms with Crippen LogP contribution in [0.5, 0.6) is 0 Å². The van der Waals surface area contributed by atoms with E-state index in [0.717, 1.165) is 22.5 Å². The summed E-state index contributed by atoms with van der Waals surface area (Å²) >= 11 is 0. The molecule has 0 saturated carbocycles. The van der Waals surface area contributed by atoms with Crippen molar-refractivity contribution < 1.29 is 18.3 Å². The Balaban J connectivity index is 1.62. The lowest BCUT2D eigenvalue weighted by Gasteiger charge is -2.27. The van der Waals surface area contributed by atoms with Crippen LogP contribution in [0.3, 0.4) is 0 Å². The topological polar surface area (TPSA) is 46.8 Å². The van der Waals surface area contributed by atoms with Crippen molar-refractivity contribution in [3.63, 3.8) is 0 Å². The molecule has 7 heteroatoms. The van der Waals surface area contributed by atoms with Crippen LogP contribution in [0, 0.1) is 11.6 Å². The van der Waals surface area contributed by atoms with Crippen LogP contribution in [-0.2, 0) is 16.1 Å². The van der Waals surface area contributed by atoms with Gasteiger partial charge in [-0.25, -0.2) is 8.78 Å². The molecule has 0 N–H and O–H groups in total. The second-order valence-corrected chi connectivity index (χ2v) is 6.58. The summed E-state index contributed by atoms with van der Waals surface area (Å²) in [6.45, 7) is 2.50. The van der Waals surface area contributed by atoms with E-state index in [1.807, 2.05) is 35.0 Å². The van der Waals surface area contributed by atoms with Gasteiger partial charge in [0.25, 0.3) is 0 Å². The average molecular weight is 383 g/mol. The number of nitrogens with zero attached hydrogens (tertiary/aromatic N) is 3. The fourth-order valence-corrected chi connectivity index (χ4v) is 3.29. The van der Waals surface area contributed by atoms with Gasteiger partial charge in [-0.15, -0.1) is 0 Å². The first kappa shape index (κ1) is 18.3. The van der Waals surface area contributed by atoms with Crippen molar-refractivity contribution in [2.24, 2.45) is 4.99 Å². The fraction of sp³-hybridized carbons (Fsp3) is 0.238. The molecule has 1 saturated heterocycles. The van der Waals surface area contributed by atoms with Crippen LogP contribution in [0.4, 0.5) is 14.5 Å². The number of para-hydroxylation sites is 1. The SMILES string of the molecule is O=C(Cn1cc(C=Nc2ccc(F)cc2F)c2ccccc21)N1CCOCC1. The Kier molecular flexibility index (Phi) is 5.16. The highest BCUT2D eigenvalue weighted by Crippen LogP contribution is 2.23. The monoisotopic (exact) mass is 383 g/mol. The predicted octanol–water partition coefficient (Wildman–Crippen LogP) is 3.53. The zero-order valence-corrected chi connectivity index (χ0v) is 15.1. The maximum atomic E-state index is 13.8. The van der Waals surface area contributed by atoms with Crippen LogP contribution in [0.2, 0.25) is 0 Å². The predicted molar refractivity (Wildman–Crippen MR) is 103 cm³/mol. The van der Waals surface area contributed by atoms with Gasteiger partial charge in [0, 0.05) is 48.0 Å². The van der Waals surface area contributed by atoms with Gasteiger partial charge in [-0.2, -0.15) is 0 Å². The Labute approximate surface area is 160 Å². The summed E-state index contributed by atoms with van der Waals surface area (Å²) in [5.41, 5.74) is 1.71. The van der Waals surface area contributed by atoms with Crippen molar-refractivity contribution in [3.05, 3.63) is 65.9 Å².